The molecule has 0 unspecified atom stereocenters. The molecule has 3 heterocycles. The van der Waals surface area contributed by atoms with Crippen molar-refractivity contribution in [3.63, 3.8) is 0 Å². The molecule has 4 nitrogen and oxygen atoms in total. The predicted octanol–water partition coefficient (Wildman–Crippen LogP) is 4.29. The van der Waals surface area contributed by atoms with E-state index in [0.29, 0.717) is 24.8 Å². The maximum absolute atomic E-state index is 13.2. The number of rotatable bonds is 6. The van der Waals surface area contributed by atoms with Crippen LogP contribution in [0, 0.1) is 0 Å². The number of carbonyl (C=O) groups is 1. The first kappa shape index (κ1) is 17.0. The molecule has 0 atom stereocenters. The van der Waals surface area contributed by atoms with E-state index in [1.807, 2.05) is 18.4 Å². The minimum Gasteiger partial charge on any atom is -0.300 e. The zero-order valence-corrected chi connectivity index (χ0v) is 15.7. The lowest BCUT2D eigenvalue weighted by Gasteiger charge is -2.10. The fourth-order valence-electron chi connectivity index (χ4n) is 2.87. The number of ketones is 1. The molecule has 24 heavy (non-hydrogen) atoms. The Labute approximate surface area is 148 Å². The van der Waals surface area contributed by atoms with E-state index in [1.165, 1.54) is 4.88 Å². The lowest BCUT2D eigenvalue weighted by atomic mass is 10.1. The largest absolute Gasteiger partial charge is 0.300 e. The third-order valence-corrected chi connectivity index (χ3v) is 6.17. The van der Waals surface area contributed by atoms with Gasteiger partial charge in [-0.25, -0.2) is 4.98 Å². The van der Waals surface area contributed by atoms with Crippen LogP contribution in [0.25, 0.3) is 20.7 Å². The first-order chi connectivity index (χ1) is 11.6. The lowest BCUT2D eigenvalue weighted by Crippen LogP contribution is -2.25. The number of Topliss-reactive ketones (excluding diaryl/α,β-unsaturated/α-hetero) is 1. The van der Waals surface area contributed by atoms with Crippen LogP contribution in [0.15, 0.2) is 22.3 Å². The summed E-state index contributed by atoms with van der Waals surface area (Å²) in [6.45, 7) is 6.06. The van der Waals surface area contributed by atoms with Crippen molar-refractivity contribution in [1.82, 2.24) is 9.55 Å². The van der Waals surface area contributed by atoms with E-state index in [9.17, 15) is 9.59 Å². The molecule has 0 saturated heterocycles. The molecular weight excluding hydrogens is 340 g/mol. The summed E-state index contributed by atoms with van der Waals surface area (Å²) in [4.78, 5) is 32.4. The van der Waals surface area contributed by atoms with E-state index in [4.69, 9.17) is 4.98 Å². The molecule has 0 bridgehead atoms. The van der Waals surface area contributed by atoms with Crippen LogP contribution in [0.1, 0.15) is 37.9 Å². The van der Waals surface area contributed by atoms with Crippen molar-refractivity contribution < 1.29 is 4.79 Å². The quantitative estimate of drug-likeness (QED) is 0.659. The number of nitrogens with zero attached hydrogens (tertiary/aromatic N) is 2. The van der Waals surface area contributed by atoms with Crippen molar-refractivity contribution in [1.29, 1.82) is 0 Å². The van der Waals surface area contributed by atoms with Crippen LogP contribution < -0.4 is 5.56 Å². The summed E-state index contributed by atoms with van der Waals surface area (Å²) in [5, 5.41) is 2.74. The Kier molecular flexibility index (Phi) is 4.96. The molecular formula is C18H20N2O2S2. The van der Waals surface area contributed by atoms with Crippen LogP contribution in [-0.2, 0) is 24.2 Å². The van der Waals surface area contributed by atoms with Gasteiger partial charge in [0.15, 0.2) is 0 Å². The summed E-state index contributed by atoms with van der Waals surface area (Å²) in [5.41, 5.74) is 1.02. The molecule has 3 rings (SSSR count). The number of fused-ring (bicyclic) bond motifs is 1. The van der Waals surface area contributed by atoms with Crippen LogP contribution in [0.2, 0.25) is 0 Å². The molecule has 3 aromatic rings. The van der Waals surface area contributed by atoms with E-state index in [-0.39, 0.29) is 11.3 Å². The monoisotopic (exact) mass is 360 g/mol. The molecule has 0 saturated carbocycles. The van der Waals surface area contributed by atoms with Gasteiger partial charge in [0.2, 0.25) is 0 Å². The summed E-state index contributed by atoms with van der Waals surface area (Å²) in [6.07, 6.45) is 1.92. The van der Waals surface area contributed by atoms with Gasteiger partial charge in [-0.2, -0.15) is 0 Å². The van der Waals surface area contributed by atoms with Gasteiger partial charge in [0.05, 0.1) is 5.39 Å². The van der Waals surface area contributed by atoms with E-state index in [2.05, 4.69) is 13.0 Å². The van der Waals surface area contributed by atoms with Gasteiger partial charge in [-0.3, -0.25) is 14.2 Å². The molecule has 0 spiro atoms. The molecule has 126 valence electrons. The van der Waals surface area contributed by atoms with Crippen LogP contribution in [-0.4, -0.2) is 15.3 Å². The SMILES string of the molecule is CCc1sc2nc(CC)n(CCC(C)=O)c(=O)c2c1-c1cccs1. The number of hydrogen-bond donors (Lipinski definition) is 0. The molecule has 0 fully saturated rings. The van der Waals surface area contributed by atoms with Crippen LogP contribution in [0.5, 0.6) is 0 Å². The average molecular weight is 361 g/mol. The highest BCUT2D eigenvalue weighted by Crippen LogP contribution is 2.38. The van der Waals surface area contributed by atoms with Gasteiger partial charge < -0.3 is 0 Å². The van der Waals surface area contributed by atoms with Crippen molar-refractivity contribution in [2.75, 3.05) is 0 Å². The average Bonchev–Trinajstić information content (AvgIpc) is 3.19. The fraction of sp³-hybridized carbons (Fsp3) is 0.389. The van der Waals surface area contributed by atoms with Crippen LogP contribution in [0.3, 0.4) is 0 Å². The van der Waals surface area contributed by atoms with E-state index in [0.717, 1.165) is 27.5 Å². The van der Waals surface area contributed by atoms with Gasteiger partial charge in [-0.1, -0.05) is 19.9 Å². The molecule has 0 aliphatic carbocycles. The summed E-state index contributed by atoms with van der Waals surface area (Å²) < 4.78 is 1.69. The van der Waals surface area contributed by atoms with Crippen molar-refractivity contribution in [2.24, 2.45) is 0 Å². The zero-order valence-electron chi connectivity index (χ0n) is 14.1. The summed E-state index contributed by atoms with van der Waals surface area (Å²) in [6, 6.07) is 4.06. The van der Waals surface area contributed by atoms with Gasteiger partial charge in [0.1, 0.15) is 16.4 Å². The van der Waals surface area contributed by atoms with E-state index < -0.39 is 0 Å². The first-order valence-electron chi connectivity index (χ1n) is 8.15. The maximum atomic E-state index is 13.2. The number of aryl methyl sites for hydroxylation is 2. The molecule has 0 radical (unpaired) electrons. The first-order valence-corrected chi connectivity index (χ1v) is 9.84. The van der Waals surface area contributed by atoms with Gasteiger partial charge in [0, 0.05) is 34.7 Å². The summed E-state index contributed by atoms with van der Waals surface area (Å²) in [5.74, 6) is 0.845. The Bertz CT molecular complexity index is 936. The second-order valence-electron chi connectivity index (χ2n) is 5.70. The van der Waals surface area contributed by atoms with E-state index in [1.54, 1.807) is 34.2 Å². The molecule has 0 aromatic carbocycles. The minimum absolute atomic E-state index is 0.0162. The Balaban J connectivity index is 2.30. The second-order valence-corrected chi connectivity index (χ2v) is 7.73. The standard InChI is InChI=1S/C18H20N2O2S2/c1-4-12-15(13-7-6-10-23-13)16-17(24-12)19-14(5-2)20(18(16)22)9-8-11(3)21/h6-7,10H,4-5,8-9H2,1-3H3. The summed E-state index contributed by atoms with van der Waals surface area (Å²) in [7, 11) is 0. The minimum atomic E-state index is -0.0162. The number of thiophene rings is 2. The third-order valence-electron chi connectivity index (χ3n) is 4.06. The Morgan fingerprint density at radius 3 is 2.67 bits per heavy atom. The Hall–Kier alpha value is -1.79. The zero-order chi connectivity index (χ0) is 17.3. The smallest absolute Gasteiger partial charge is 0.262 e. The van der Waals surface area contributed by atoms with Crippen molar-refractivity contribution in [2.45, 2.75) is 46.6 Å². The predicted molar refractivity (Wildman–Crippen MR) is 101 cm³/mol. The van der Waals surface area contributed by atoms with Gasteiger partial charge >= 0.3 is 0 Å². The van der Waals surface area contributed by atoms with Crippen LogP contribution >= 0.6 is 22.7 Å². The number of hydrogen-bond acceptors (Lipinski definition) is 5. The van der Waals surface area contributed by atoms with Gasteiger partial charge in [-0.15, -0.1) is 22.7 Å². The van der Waals surface area contributed by atoms with Gasteiger partial charge in [0.25, 0.3) is 5.56 Å². The lowest BCUT2D eigenvalue weighted by molar-refractivity contribution is -0.117. The van der Waals surface area contributed by atoms with Crippen LogP contribution in [0.4, 0.5) is 0 Å². The Morgan fingerprint density at radius 1 is 1.29 bits per heavy atom. The molecule has 3 aromatic heterocycles. The highest BCUT2D eigenvalue weighted by Gasteiger charge is 2.20. The fourth-order valence-corrected chi connectivity index (χ4v) is 4.87. The third kappa shape index (κ3) is 2.96. The van der Waals surface area contributed by atoms with Gasteiger partial charge in [-0.05, 0) is 24.8 Å². The highest BCUT2D eigenvalue weighted by molar-refractivity contribution is 7.20. The number of carbonyl (C=O) groups excluding carboxylic acids is 1. The van der Waals surface area contributed by atoms with Crippen molar-refractivity contribution in [3.05, 3.63) is 38.6 Å². The van der Waals surface area contributed by atoms with E-state index >= 15 is 0 Å². The normalized spacial score (nSPS) is 11.3. The highest BCUT2D eigenvalue weighted by atomic mass is 32.1. The Morgan fingerprint density at radius 2 is 2.08 bits per heavy atom. The molecule has 0 aliphatic heterocycles. The summed E-state index contributed by atoms with van der Waals surface area (Å²) >= 11 is 3.26. The van der Waals surface area contributed by atoms with Crippen molar-refractivity contribution in [3.8, 4) is 10.4 Å². The topological polar surface area (TPSA) is 52.0 Å². The molecule has 0 aliphatic rings. The molecule has 0 N–H and O–H groups in total. The second kappa shape index (κ2) is 6.99. The number of aromatic nitrogens is 2. The maximum Gasteiger partial charge on any atom is 0.262 e. The molecule has 0 amide bonds. The molecule has 6 heteroatoms. The van der Waals surface area contributed by atoms with Crippen molar-refractivity contribution >= 4 is 38.7 Å².